The Morgan fingerprint density at radius 2 is 2.11 bits per heavy atom. The Kier molecular flexibility index (Phi) is 3.47. The second kappa shape index (κ2) is 4.89. The zero-order valence-electron chi connectivity index (χ0n) is 10.9. The van der Waals surface area contributed by atoms with Gasteiger partial charge in [-0.25, -0.2) is 15.0 Å². The molecule has 0 spiro atoms. The van der Waals surface area contributed by atoms with Gasteiger partial charge in [-0.15, -0.1) is 0 Å². The van der Waals surface area contributed by atoms with Crippen LogP contribution in [0.5, 0.6) is 0 Å². The first-order valence-electron chi connectivity index (χ1n) is 6.02. The number of fused-ring (bicyclic) bond motifs is 1. The molecule has 2 rings (SSSR count). The average Bonchev–Trinajstić information content (AvgIpc) is 2.72. The van der Waals surface area contributed by atoms with Crippen molar-refractivity contribution in [3.05, 3.63) is 12.7 Å². The molecule has 0 amide bonds. The number of anilines is 1. The molecule has 0 aromatic carbocycles. The van der Waals surface area contributed by atoms with Gasteiger partial charge in [0.25, 0.3) is 0 Å². The minimum absolute atomic E-state index is 0.107. The number of imidazole rings is 1. The molecule has 3 N–H and O–H groups in total. The number of nitrogens with zero attached hydrogens (tertiary/aromatic N) is 3. The van der Waals surface area contributed by atoms with Gasteiger partial charge in [-0.1, -0.05) is 20.8 Å². The number of aliphatic hydroxyl groups is 1. The fraction of sp³-hybridized carbons (Fsp3) is 0.583. The van der Waals surface area contributed by atoms with E-state index in [1.165, 1.54) is 6.33 Å². The minimum Gasteiger partial charge on any atom is -0.391 e. The van der Waals surface area contributed by atoms with Crippen molar-refractivity contribution in [2.45, 2.75) is 33.3 Å². The Hall–Kier alpha value is -1.69. The molecular weight excluding hydrogens is 230 g/mol. The molecule has 6 nitrogen and oxygen atoms in total. The number of rotatable bonds is 4. The summed E-state index contributed by atoms with van der Waals surface area (Å²) in [6.07, 6.45) is 3.37. The SMILES string of the molecule is CC(C)(C)CC(O)CNc1ncnc2nc[nH]c12. The molecule has 2 heterocycles. The molecule has 6 heteroatoms. The van der Waals surface area contributed by atoms with Gasteiger partial charge >= 0.3 is 0 Å². The summed E-state index contributed by atoms with van der Waals surface area (Å²) in [4.78, 5) is 15.2. The van der Waals surface area contributed by atoms with Crippen LogP contribution < -0.4 is 5.32 Å². The summed E-state index contributed by atoms with van der Waals surface area (Å²) in [6, 6.07) is 0. The molecule has 0 saturated heterocycles. The fourth-order valence-corrected chi connectivity index (χ4v) is 1.89. The molecule has 1 atom stereocenters. The van der Waals surface area contributed by atoms with E-state index in [9.17, 15) is 5.11 Å². The highest BCUT2D eigenvalue weighted by molar-refractivity contribution is 5.81. The summed E-state index contributed by atoms with van der Waals surface area (Å²) >= 11 is 0. The maximum Gasteiger partial charge on any atom is 0.182 e. The number of hydrogen-bond acceptors (Lipinski definition) is 5. The van der Waals surface area contributed by atoms with Gasteiger partial charge in [-0.3, -0.25) is 0 Å². The molecule has 0 fully saturated rings. The Morgan fingerprint density at radius 3 is 2.83 bits per heavy atom. The summed E-state index contributed by atoms with van der Waals surface area (Å²) in [6.45, 7) is 6.78. The predicted octanol–water partition coefficient (Wildman–Crippen LogP) is 1.56. The average molecular weight is 249 g/mol. The largest absolute Gasteiger partial charge is 0.391 e. The third-order valence-corrected chi connectivity index (χ3v) is 2.58. The molecule has 0 aliphatic rings. The molecule has 0 aliphatic heterocycles. The summed E-state index contributed by atoms with van der Waals surface area (Å²) in [5.41, 5.74) is 1.49. The monoisotopic (exact) mass is 249 g/mol. The summed E-state index contributed by atoms with van der Waals surface area (Å²) in [7, 11) is 0. The van der Waals surface area contributed by atoms with Crippen LogP contribution >= 0.6 is 0 Å². The molecule has 0 radical (unpaired) electrons. The smallest absolute Gasteiger partial charge is 0.182 e. The molecule has 2 aromatic heterocycles. The highest BCUT2D eigenvalue weighted by atomic mass is 16.3. The van der Waals surface area contributed by atoms with Crippen molar-refractivity contribution in [1.82, 2.24) is 19.9 Å². The first-order chi connectivity index (χ1) is 8.46. The number of aromatic nitrogens is 4. The standard InChI is InChI=1S/C12H19N5O/c1-12(2,3)4-8(18)5-13-10-9-11(15-6-14-9)17-7-16-10/h6-8,18H,4-5H2,1-3H3,(H2,13,14,15,16,17). The van der Waals surface area contributed by atoms with Crippen LogP contribution in [0.1, 0.15) is 27.2 Å². The third-order valence-electron chi connectivity index (χ3n) is 2.58. The van der Waals surface area contributed by atoms with E-state index in [0.717, 1.165) is 11.9 Å². The fourth-order valence-electron chi connectivity index (χ4n) is 1.89. The number of H-pyrrole nitrogens is 1. The van der Waals surface area contributed by atoms with Gasteiger partial charge in [0, 0.05) is 6.54 Å². The van der Waals surface area contributed by atoms with Crippen molar-refractivity contribution in [3.63, 3.8) is 0 Å². The minimum atomic E-state index is -0.405. The van der Waals surface area contributed by atoms with Crippen LogP contribution in [0.15, 0.2) is 12.7 Å². The van der Waals surface area contributed by atoms with E-state index >= 15 is 0 Å². The highest BCUT2D eigenvalue weighted by Crippen LogP contribution is 2.21. The van der Waals surface area contributed by atoms with Gasteiger partial charge in [-0.2, -0.15) is 0 Å². The molecule has 2 aromatic rings. The van der Waals surface area contributed by atoms with Crippen molar-refractivity contribution in [2.75, 3.05) is 11.9 Å². The Morgan fingerprint density at radius 1 is 1.33 bits per heavy atom. The van der Waals surface area contributed by atoms with Crippen LogP contribution in [0, 0.1) is 5.41 Å². The molecule has 98 valence electrons. The van der Waals surface area contributed by atoms with Gasteiger partial charge in [0.1, 0.15) is 11.8 Å². The lowest BCUT2D eigenvalue weighted by atomic mass is 9.89. The Balaban J connectivity index is 2.00. The summed E-state index contributed by atoms with van der Waals surface area (Å²) < 4.78 is 0. The van der Waals surface area contributed by atoms with E-state index in [4.69, 9.17) is 0 Å². The Bertz CT molecular complexity index is 516. The molecular formula is C12H19N5O. The second-order valence-corrected chi connectivity index (χ2v) is 5.62. The zero-order chi connectivity index (χ0) is 13.2. The lowest BCUT2D eigenvalue weighted by Gasteiger charge is -2.22. The number of aromatic amines is 1. The topological polar surface area (TPSA) is 86.7 Å². The third kappa shape index (κ3) is 3.16. The van der Waals surface area contributed by atoms with Gasteiger partial charge in [0.05, 0.1) is 12.4 Å². The van der Waals surface area contributed by atoms with Crippen LogP contribution in [0.25, 0.3) is 11.2 Å². The summed E-state index contributed by atoms with van der Waals surface area (Å²) in [5, 5.41) is 13.1. The number of nitrogens with one attached hydrogen (secondary N) is 2. The van der Waals surface area contributed by atoms with E-state index < -0.39 is 6.10 Å². The van der Waals surface area contributed by atoms with E-state index in [0.29, 0.717) is 18.0 Å². The summed E-state index contributed by atoms with van der Waals surface area (Å²) in [5.74, 6) is 0.672. The van der Waals surface area contributed by atoms with Crippen LogP contribution in [-0.4, -0.2) is 37.7 Å². The van der Waals surface area contributed by atoms with Crippen molar-refractivity contribution in [1.29, 1.82) is 0 Å². The molecule has 1 unspecified atom stereocenters. The maximum absolute atomic E-state index is 9.94. The van der Waals surface area contributed by atoms with Crippen LogP contribution in [0.2, 0.25) is 0 Å². The normalized spacial score (nSPS) is 13.8. The first-order valence-corrected chi connectivity index (χ1v) is 6.02. The zero-order valence-corrected chi connectivity index (χ0v) is 10.9. The maximum atomic E-state index is 9.94. The van der Waals surface area contributed by atoms with Gasteiger partial charge in [-0.05, 0) is 11.8 Å². The first kappa shape index (κ1) is 12.8. The van der Waals surface area contributed by atoms with E-state index in [-0.39, 0.29) is 5.41 Å². The number of hydrogen-bond donors (Lipinski definition) is 3. The van der Waals surface area contributed by atoms with Crippen LogP contribution in [0.4, 0.5) is 5.82 Å². The van der Waals surface area contributed by atoms with Crippen molar-refractivity contribution >= 4 is 17.0 Å². The van der Waals surface area contributed by atoms with Gasteiger partial charge in [0.2, 0.25) is 0 Å². The molecule has 0 aliphatic carbocycles. The van der Waals surface area contributed by atoms with Crippen molar-refractivity contribution < 1.29 is 5.11 Å². The van der Waals surface area contributed by atoms with E-state index in [1.807, 2.05) is 0 Å². The van der Waals surface area contributed by atoms with Crippen LogP contribution in [-0.2, 0) is 0 Å². The highest BCUT2D eigenvalue weighted by Gasteiger charge is 2.17. The van der Waals surface area contributed by atoms with Crippen molar-refractivity contribution in [3.8, 4) is 0 Å². The van der Waals surface area contributed by atoms with E-state index in [2.05, 4.69) is 46.0 Å². The molecule has 0 saturated carbocycles. The van der Waals surface area contributed by atoms with Crippen molar-refractivity contribution in [2.24, 2.45) is 5.41 Å². The Labute approximate surface area is 106 Å². The predicted molar refractivity (Wildman–Crippen MR) is 70.3 cm³/mol. The van der Waals surface area contributed by atoms with Crippen LogP contribution in [0.3, 0.4) is 0 Å². The van der Waals surface area contributed by atoms with Gasteiger partial charge in [0.15, 0.2) is 11.5 Å². The lowest BCUT2D eigenvalue weighted by molar-refractivity contribution is 0.132. The lowest BCUT2D eigenvalue weighted by Crippen LogP contribution is -2.25. The molecule has 0 bridgehead atoms. The van der Waals surface area contributed by atoms with E-state index in [1.54, 1.807) is 6.33 Å². The molecule has 18 heavy (non-hydrogen) atoms. The second-order valence-electron chi connectivity index (χ2n) is 5.62. The number of aliphatic hydroxyl groups excluding tert-OH is 1. The quantitative estimate of drug-likeness (QED) is 0.765. The van der Waals surface area contributed by atoms with Gasteiger partial charge < -0.3 is 15.4 Å².